The van der Waals surface area contributed by atoms with Crippen molar-refractivity contribution < 1.29 is 0 Å². The van der Waals surface area contributed by atoms with Gasteiger partial charge in [0.15, 0.2) is 0 Å². The topological polar surface area (TPSA) is 37.8 Å². The summed E-state index contributed by atoms with van der Waals surface area (Å²) in [5, 5.41) is 4.60. The van der Waals surface area contributed by atoms with E-state index in [9.17, 15) is 0 Å². The Balaban J connectivity index is 1.90. The first-order chi connectivity index (χ1) is 10.3. The molecular weight excluding hydrogens is 278 g/mol. The van der Waals surface area contributed by atoms with Gasteiger partial charge >= 0.3 is 0 Å². The molecule has 3 aromatic rings. The van der Waals surface area contributed by atoms with Gasteiger partial charge < -0.3 is 5.32 Å². The van der Waals surface area contributed by atoms with Gasteiger partial charge in [0.05, 0.1) is 15.2 Å². The summed E-state index contributed by atoms with van der Waals surface area (Å²) in [6, 6.07) is 10.7. The molecule has 1 aromatic carbocycles. The molecule has 108 valence electrons. The molecule has 0 fully saturated rings. The summed E-state index contributed by atoms with van der Waals surface area (Å²) in [7, 11) is 2.01. The summed E-state index contributed by atoms with van der Waals surface area (Å²) in [5.41, 5.74) is 3.73. The number of para-hydroxylation sites is 1. The van der Waals surface area contributed by atoms with Crippen LogP contribution in [0.5, 0.6) is 0 Å². The number of aromatic nitrogens is 2. The van der Waals surface area contributed by atoms with E-state index in [4.69, 9.17) is 4.98 Å². The van der Waals surface area contributed by atoms with Gasteiger partial charge in [0.1, 0.15) is 0 Å². The molecule has 1 atom stereocenters. The highest BCUT2D eigenvalue weighted by Crippen LogP contribution is 2.27. The number of aryl methyl sites for hydroxylation is 1. The summed E-state index contributed by atoms with van der Waals surface area (Å²) in [6.07, 6.45) is 5.75. The van der Waals surface area contributed by atoms with Crippen molar-refractivity contribution in [3.63, 3.8) is 0 Å². The minimum Gasteiger partial charge on any atom is -0.313 e. The molecule has 0 bridgehead atoms. The van der Waals surface area contributed by atoms with Crippen LogP contribution in [0.4, 0.5) is 0 Å². The average Bonchev–Trinajstić information content (AvgIpc) is 2.95. The molecule has 1 N–H and O–H groups in total. The second kappa shape index (κ2) is 6.33. The summed E-state index contributed by atoms with van der Waals surface area (Å²) >= 11 is 1.78. The Morgan fingerprint density at radius 2 is 2.10 bits per heavy atom. The summed E-state index contributed by atoms with van der Waals surface area (Å²) in [4.78, 5) is 8.98. The van der Waals surface area contributed by atoms with Gasteiger partial charge in [0, 0.05) is 24.9 Å². The van der Waals surface area contributed by atoms with Crippen LogP contribution >= 0.6 is 11.3 Å². The van der Waals surface area contributed by atoms with Crippen LogP contribution in [-0.2, 0) is 12.8 Å². The molecule has 0 aliphatic carbocycles. The molecule has 21 heavy (non-hydrogen) atoms. The molecule has 0 amide bonds. The number of nitrogens with one attached hydrogen (secondary N) is 1. The van der Waals surface area contributed by atoms with Gasteiger partial charge in [-0.15, -0.1) is 11.3 Å². The first-order valence-corrected chi connectivity index (χ1v) is 8.08. The molecule has 2 heterocycles. The van der Waals surface area contributed by atoms with Crippen LogP contribution in [0.25, 0.3) is 10.2 Å². The van der Waals surface area contributed by atoms with E-state index in [0.717, 1.165) is 18.4 Å². The fourth-order valence-corrected chi connectivity index (χ4v) is 3.64. The molecule has 1 unspecified atom stereocenters. The summed E-state index contributed by atoms with van der Waals surface area (Å²) < 4.78 is 1.26. The first-order valence-electron chi connectivity index (χ1n) is 7.26. The third-order valence-electron chi connectivity index (χ3n) is 3.76. The number of hydrogen-bond donors (Lipinski definition) is 1. The van der Waals surface area contributed by atoms with Crippen molar-refractivity contribution >= 4 is 21.6 Å². The van der Waals surface area contributed by atoms with Crippen LogP contribution in [0.1, 0.15) is 29.1 Å². The molecule has 0 aliphatic rings. The van der Waals surface area contributed by atoms with Crippen LogP contribution < -0.4 is 5.32 Å². The van der Waals surface area contributed by atoms with Gasteiger partial charge in [-0.2, -0.15) is 0 Å². The molecule has 3 rings (SSSR count). The van der Waals surface area contributed by atoms with Gasteiger partial charge in [0.2, 0.25) is 0 Å². The standard InChI is InChI=1S/C17H19N3S/c1-3-12-11-19-9-8-13(12)15(18-2)10-17-20-14-6-4-5-7-16(14)21-17/h4-9,11,15,18H,3,10H2,1-2H3. The quantitative estimate of drug-likeness (QED) is 0.779. The van der Waals surface area contributed by atoms with E-state index in [-0.39, 0.29) is 6.04 Å². The lowest BCUT2D eigenvalue weighted by molar-refractivity contribution is 0.585. The van der Waals surface area contributed by atoms with Crippen LogP contribution in [0.3, 0.4) is 0 Å². The van der Waals surface area contributed by atoms with Gasteiger partial charge in [-0.1, -0.05) is 19.1 Å². The molecule has 2 aromatic heterocycles. The zero-order valence-corrected chi connectivity index (χ0v) is 13.2. The van der Waals surface area contributed by atoms with E-state index in [1.807, 2.05) is 25.5 Å². The Morgan fingerprint density at radius 3 is 2.86 bits per heavy atom. The van der Waals surface area contributed by atoms with E-state index in [1.165, 1.54) is 20.8 Å². The van der Waals surface area contributed by atoms with Gasteiger partial charge in [-0.05, 0) is 42.8 Å². The van der Waals surface area contributed by atoms with Gasteiger partial charge in [0.25, 0.3) is 0 Å². The largest absolute Gasteiger partial charge is 0.313 e. The normalized spacial score (nSPS) is 12.7. The molecule has 0 radical (unpaired) electrons. The fraction of sp³-hybridized carbons (Fsp3) is 0.294. The maximum atomic E-state index is 4.74. The monoisotopic (exact) mass is 297 g/mol. The Labute approximate surface area is 129 Å². The molecule has 0 aliphatic heterocycles. The highest BCUT2D eigenvalue weighted by Gasteiger charge is 2.15. The molecule has 3 nitrogen and oxygen atoms in total. The summed E-state index contributed by atoms with van der Waals surface area (Å²) in [5.74, 6) is 0. The Hall–Kier alpha value is -1.78. The third-order valence-corrected chi connectivity index (χ3v) is 4.82. The van der Waals surface area contributed by atoms with E-state index in [2.05, 4.69) is 41.5 Å². The maximum Gasteiger partial charge on any atom is 0.0957 e. The Morgan fingerprint density at radius 1 is 1.24 bits per heavy atom. The lowest BCUT2D eigenvalue weighted by Gasteiger charge is -2.18. The number of hydrogen-bond acceptors (Lipinski definition) is 4. The van der Waals surface area contributed by atoms with Crippen molar-refractivity contribution in [2.24, 2.45) is 0 Å². The Kier molecular flexibility index (Phi) is 4.27. The van der Waals surface area contributed by atoms with Crippen LogP contribution in [0.15, 0.2) is 42.7 Å². The van der Waals surface area contributed by atoms with Crippen molar-refractivity contribution in [2.45, 2.75) is 25.8 Å². The molecule has 0 saturated heterocycles. The number of pyridine rings is 1. The van der Waals surface area contributed by atoms with E-state index >= 15 is 0 Å². The van der Waals surface area contributed by atoms with Gasteiger partial charge in [-0.3, -0.25) is 4.98 Å². The zero-order chi connectivity index (χ0) is 14.7. The predicted octanol–water partition coefficient (Wildman–Crippen LogP) is 3.76. The smallest absolute Gasteiger partial charge is 0.0957 e. The van der Waals surface area contributed by atoms with Crippen LogP contribution in [0, 0.1) is 0 Å². The lowest BCUT2D eigenvalue weighted by Crippen LogP contribution is -2.20. The number of thiazole rings is 1. The minimum absolute atomic E-state index is 0.281. The first kappa shape index (κ1) is 14.2. The van der Waals surface area contributed by atoms with E-state index < -0.39 is 0 Å². The number of rotatable bonds is 5. The van der Waals surface area contributed by atoms with Crippen LogP contribution in [-0.4, -0.2) is 17.0 Å². The highest BCUT2D eigenvalue weighted by atomic mass is 32.1. The summed E-state index contributed by atoms with van der Waals surface area (Å²) in [6.45, 7) is 2.17. The zero-order valence-electron chi connectivity index (χ0n) is 12.3. The number of benzene rings is 1. The van der Waals surface area contributed by atoms with Crippen LogP contribution in [0.2, 0.25) is 0 Å². The molecular formula is C17H19N3S. The van der Waals surface area contributed by atoms with Gasteiger partial charge in [-0.25, -0.2) is 4.98 Å². The SMILES string of the molecule is CCc1cnccc1C(Cc1nc2ccccc2s1)NC. The Bertz CT molecular complexity index is 702. The fourth-order valence-electron chi connectivity index (χ4n) is 2.62. The second-order valence-corrected chi connectivity index (χ2v) is 6.16. The maximum absolute atomic E-state index is 4.74. The molecule has 0 spiro atoms. The van der Waals surface area contributed by atoms with Crippen molar-refractivity contribution in [3.05, 3.63) is 58.9 Å². The average molecular weight is 297 g/mol. The number of likely N-dealkylation sites (N-methyl/N-ethyl adjacent to an activating group) is 1. The molecule has 0 saturated carbocycles. The predicted molar refractivity (Wildman–Crippen MR) is 88.7 cm³/mol. The number of fused-ring (bicyclic) bond motifs is 1. The van der Waals surface area contributed by atoms with E-state index in [0.29, 0.717) is 0 Å². The van der Waals surface area contributed by atoms with Crippen molar-refractivity contribution in [1.29, 1.82) is 0 Å². The number of nitrogens with zero attached hydrogens (tertiary/aromatic N) is 2. The lowest BCUT2D eigenvalue weighted by atomic mass is 9.99. The van der Waals surface area contributed by atoms with Crippen molar-refractivity contribution in [1.82, 2.24) is 15.3 Å². The van der Waals surface area contributed by atoms with E-state index in [1.54, 1.807) is 11.3 Å². The van der Waals surface area contributed by atoms with Crippen molar-refractivity contribution in [2.75, 3.05) is 7.05 Å². The molecule has 4 heteroatoms. The highest BCUT2D eigenvalue weighted by molar-refractivity contribution is 7.18. The second-order valence-electron chi connectivity index (χ2n) is 5.05. The minimum atomic E-state index is 0.281. The van der Waals surface area contributed by atoms with Crippen molar-refractivity contribution in [3.8, 4) is 0 Å². The third kappa shape index (κ3) is 2.96.